The van der Waals surface area contributed by atoms with Crippen LogP contribution in [0.3, 0.4) is 0 Å². The van der Waals surface area contributed by atoms with E-state index in [1.165, 1.54) is 23.5 Å². The van der Waals surface area contributed by atoms with Crippen LogP contribution in [0.1, 0.15) is 109 Å². The topological polar surface area (TPSA) is 77.9 Å². The Morgan fingerprint density at radius 1 is 0.773 bits per heavy atom. The summed E-state index contributed by atoms with van der Waals surface area (Å²) in [5.74, 6) is -2.27. The summed E-state index contributed by atoms with van der Waals surface area (Å²) >= 11 is 16.4. The Labute approximate surface area is 282 Å². The first kappa shape index (κ1) is 33.5. The van der Waals surface area contributed by atoms with Gasteiger partial charge in [-0.1, -0.05) is 96.7 Å². The molecule has 1 unspecified atom stereocenters. The Bertz CT molecular complexity index is 1400. The fourth-order valence-electron chi connectivity index (χ4n) is 6.71. The summed E-state index contributed by atoms with van der Waals surface area (Å²) in [5.41, 5.74) is 2.28. The average Bonchev–Trinajstić information content (AvgIpc) is 3.67. The fraction of sp³-hybridized carbons (Fsp3) is 0.559. The molecule has 2 amide bonds. The van der Waals surface area contributed by atoms with Crippen LogP contribution in [0.5, 0.6) is 0 Å². The third-order valence-electron chi connectivity index (χ3n) is 9.22. The Morgan fingerprint density at radius 2 is 1.18 bits per heavy atom. The van der Waals surface area contributed by atoms with E-state index in [0.29, 0.717) is 36.8 Å². The van der Waals surface area contributed by atoms with E-state index in [-0.39, 0.29) is 27.1 Å². The molecule has 2 fully saturated rings. The van der Waals surface area contributed by atoms with Gasteiger partial charge in [0, 0.05) is 36.2 Å². The summed E-state index contributed by atoms with van der Waals surface area (Å²) in [6.45, 7) is 10.3. The van der Waals surface area contributed by atoms with Crippen LogP contribution in [0.4, 0.5) is 9.59 Å². The molecule has 0 saturated heterocycles. The molecule has 0 aliphatic heterocycles. The van der Waals surface area contributed by atoms with Gasteiger partial charge in [-0.15, -0.1) is 0 Å². The number of halogens is 2. The predicted molar refractivity (Wildman–Crippen MR) is 184 cm³/mol. The zero-order valence-electron chi connectivity index (χ0n) is 27.1. The van der Waals surface area contributed by atoms with Gasteiger partial charge in [0.05, 0.1) is 10.9 Å². The van der Waals surface area contributed by atoms with Crippen molar-refractivity contribution in [2.24, 2.45) is 0 Å². The second-order valence-corrected chi connectivity index (χ2v) is 15.1. The van der Waals surface area contributed by atoms with Gasteiger partial charge in [-0.05, 0) is 87.7 Å². The molecule has 1 N–H and O–H groups in total. The molecule has 2 aromatic rings. The van der Waals surface area contributed by atoms with E-state index in [0.717, 1.165) is 62.5 Å². The summed E-state index contributed by atoms with van der Waals surface area (Å²) in [5, 5.41) is 11.1. The maximum absolute atomic E-state index is 13.2. The normalized spacial score (nSPS) is 18.1. The Kier molecular flexibility index (Phi) is 11.5. The highest BCUT2D eigenvalue weighted by Gasteiger charge is 2.43. The molecule has 2 aromatic carbocycles. The Balaban J connectivity index is 1.70. The Morgan fingerprint density at radius 3 is 1.57 bits per heavy atom. The highest BCUT2D eigenvalue weighted by atomic mass is 35.5. The number of benzene rings is 2. The van der Waals surface area contributed by atoms with E-state index in [9.17, 15) is 19.5 Å². The SMILES string of the molecule is [2H]c1c(C(C(=O)O)c2ccc(C3(SC(=O)N(CC)CC)CCCC3)c(Cl)c2)ccc(C2(SC(=O)N(CC)CC)CCCC2)c1Cl. The van der Waals surface area contributed by atoms with Crippen molar-refractivity contribution >= 4 is 63.2 Å². The van der Waals surface area contributed by atoms with Crippen LogP contribution < -0.4 is 0 Å². The van der Waals surface area contributed by atoms with Gasteiger partial charge in [0.2, 0.25) is 0 Å². The zero-order chi connectivity index (χ0) is 32.9. The molecule has 0 heterocycles. The molecule has 0 spiro atoms. The van der Waals surface area contributed by atoms with Crippen molar-refractivity contribution in [3.63, 3.8) is 0 Å². The first-order valence-corrected chi connectivity index (χ1v) is 18.1. The second kappa shape index (κ2) is 15.1. The highest BCUT2D eigenvalue weighted by molar-refractivity contribution is 8.14. The molecule has 2 aliphatic carbocycles. The van der Waals surface area contributed by atoms with E-state index in [2.05, 4.69) is 0 Å². The number of nitrogens with zero attached hydrogens (tertiary/aromatic N) is 2. The number of hydrogen-bond acceptors (Lipinski definition) is 5. The quantitative estimate of drug-likeness (QED) is 0.255. The number of carbonyl (C=O) groups excluding carboxylic acids is 2. The van der Waals surface area contributed by atoms with Gasteiger partial charge < -0.3 is 14.9 Å². The number of aliphatic carboxylic acids is 1. The molecule has 2 aliphatic rings. The van der Waals surface area contributed by atoms with Crippen molar-refractivity contribution in [2.45, 2.75) is 94.5 Å². The molecule has 1 atom stereocenters. The number of carboxylic acids is 1. The van der Waals surface area contributed by atoms with Crippen molar-refractivity contribution < 1.29 is 20.9 Å². The molecule has 240 valence electrons. The van der Waals surface area contributed by atoms with E-state index in [4.69, 9.17) is 24.6 Å². The minimum atomic E-state index is -1.16. The minimum Gasteiger partial charge on any atom is -0.481 e. The van der Waals surface area contributed by atoms with Gasteiger partial charge in [-0.3, -0.25) is 14.4 Å². The first-order chi connectivity index (χ1) is 21.5. The lowest BCUT2D eigenvalue weighted by molar-refractivity contribution is -0.137. The molecule has 44 heavy (non-hydrogen) atoms. The molecule has 6 nitrogen and oxygen atoms in total. The van der Waals surface area contributed by atoms with E-state index in [1.54, 1.807) is 23.1 Å². The standard InChI is InChI=1S/C34H44Cl2N2O4S2/c1-5-37(6-2)31(41)43-33(17-9-10-18-33)25-15-13-23(21-27(25)35)29(30(39)40)24-14-16-26(28(36)22-24)34(19-11-12-20-34)44-32(42)38(7-3)8-4/h13-16,21-22,29H,5-12,17-20H2,1-4H3,(H,39,40)/i21D. The molecule has 10 heteroatoms. The average molecular weight is 681 g/mol. The minimum absolute atomic E-state index is 0.0105. The molecular formula is C34H44Cl2N2O4S2. The van der Waals surface area contributed by atoms with Gasteiger partial charge in [0.15, 0.2) is 0 Å². The molecule has 0 bridgehead atoms. The summed E-state index contributed by atoms with van der Waals surface area (Å²) in [6.07, 6.45) is 7.04. The number of hydrogen-bond donors (Lipinski definition) is 1. The van der Waals surface area contributed by atoms with Crippen molar-refractivity contribution in [1.29, 1.82) is 0 Å². The molecule has 2 saturated carbocycles. The number of carbonyl (C=O) groups is 3. The maximum Gasteiger partial charge on any atom is 0.315 e. The van der Waals surface area contributed by atoms with Crippen LogP contribution in [-0.4, -0.2) is 57.5 Å². The first-order valence-electron chi connectivity index (χ1n) is 16.2. The third-order valence-corrected chi connectivity index (χ3v) is 12.7. The predicted octanol–water partition coefficient (Wildman–Crippen LogP) is 10.1. The van der Waals surface area contributed by atoms with Crippen molar-refractivity contribution in [1.82, 2.24) is 9.80 Å². The van der Waals surface area contributed by atoms with Crippen LogP contribution >= 0.6 is 46.7 Å². The van der Waals surface area contributed by atoms with Crippen LogP contribution in [0, 0.1) is 0 Å². The number of thioether (sulfide) groups is 2. The molecule has 4 rings (SSSR count). The maximum atomic E-state index is 13.2. The van der Waals surface area contributed by atoms with Crippen molar-refractivity contribution in [2.75, 3.05) is 26.2 Å². The highest BCUT2D eigenvalue weighted by Crippen LogP contribution is 2.54. The summed E-state index contributed by atoms with van der Waals surface area (Å²) in [4.78, 5) is 42.7. The lowest BCUT2D eigenvalue weighted by atomic mass is 9.87. The van der Waals surface area contributed by atoms with Crippen molar-refractivity contribution in [3.05, 3.63) is 68.7 Å². The lowest BCUT2D eigenvalue weighted by Gasteiger charge is -2.32. The van der Waals surface area contributed by atoms with Crippen LogP contribution in [-0.2, 0) is 14.3 Å². The monoisotopic (exact) mass is 679 g/mol. The van der Waals surface area contributed by atoms with Gasteiger partial charge in [0.25, 0.3) is 10.5 Å². The van der Waals surface area contributed by atoms with Crippen LogP contribution in [0.15, 0.2) is 36.4 Å². The number of carboxylic acid groups (broad SMARTS) is 1. The number of amides is 2. The molecule has 0 aromatic heterocycles. The van der Waals surface area contributed by atoms with E-state index < -0.39 is 21.4 Å². The van der Waals surface area contributed by atoms with E-state index in [1.807, 2.05) is 44.7 Å². The third kappa shape index (κ3) is 7.24. The fourth-order valence-corrected chi connectivity index (χ4v) is 10.5. The lowest BCUT2D eigenvalue weighted by Crippen LogP contribution is -2.31. The van der Waals surface area contributed by atoms with Crippen LogP contribution in [0.2, 0.25) is 10.0 Å². The smallest absolute Gasteiger partial charge is 0.315 e. The van der Waals surface area contributed by atoms with Gasteiger partial charge in [-0.2, -0.15) is 0 Å². The summed E-state index contributed by atoms with van der Waals surface area (Å²) in [6, 6.07) is 8.76. The van der Waals surface area contributed by atoms with E-state index >= 15 is 0 Å². The Hall–Kier alpha value is -1.87. The molecular weight excluding hydrogens is 635 g/mol. The van der Waals surface area contributed by atoms with Crippen LogP contribution in [0.25, 0.3) is 0 Å². The van der Waals surface area contributed by atoms with Gasteiger partial charge >= 0.3 is 5.97 Å². The van der Waals surface area contributed by atoms with Gasteiger partial charge in [-0.25, -0.2) is 0 Å². The largest absolute Gasteiger partial charge is 0.481 e. The summed E-state index contributed by atoms with van der Waals surface area (Å²) < 4.78 is 8.02. The second-order valence-electron chi connectivity index (χ2n) is 11.6. The number of rotatable bonds is 11. The van der Waals surface area contributed by atoms with Crippen molar-refractivity contribution in [3.8, 4) is 0 Å². The zero-order valence-corrected chi connectivity index (χ0v) is 29.2. The van der Waals surface area contributed by atoms with Gasteiger partial charge in [0.1, 0.15) is 5.92 Å². The molecule has 0 radical (unpaired) electrons. The summed E-state index contributed by atoms with van der Waals surface area (Å²) in [7, 11) is 0.